The molecule has 2 N–H and O–H groups in total. The predicted octanol–water partition coefficient (Wildman–Crippen LogP) is 4.44. The van der Waals surface area contributed by atoms with Crippen molar-refractivity contribution in [2.45, 2.75) is 27.3 Å². The van der Waals surface area contributed by atoms with Crippen molar-refractivity contribution in [3.05, 3.63) is 43.8 Å². The Labute approximate surface area is 157 Å². The number of amides is 2. The fraction of sp³-hybridized carbons (Fsp3) is 0.235. The molecule has 130 valence electrons. The summed E-state index contributed by atoms with van der Waals surface area (Å²) in [5.74, 6) is -0.176. The molecule has 0 saturated carbocycles. The van der Waals surface area contributed by atoms with E-state index in [1.165, 1.54) is 29.6 Å². The van der Waals surface area contributed by atoms with Crippen molar-refractivity contribution < 1.29 is 9.59 Å². The Hall–Kier alpha value is -2.03. The van der Waals surface area contributed by atoms with Crippen LogP contribution in [-0.4, -0.2) is 16.8 Å². The van der Waals surface area contributed by atoms with E-state index in [0.29, 0.717) is 16.6 Å². The van der Waals surface area contributed by atoms with Crippen LogP contribution in [0.25, 0.3) is 10.6 Å². The molecule has 0 saturated heterocycles. The van der Waals surface area contributed by atoms with E-state index in [1.807, 2.05) is 38.1 Å². The Morgan fingerprint density at radius 1 is 1.08 bits per heavy atom. The first kappa shape index (κ1) is 17.8. The fourth-order valence-electron chi connectivity index (χ4n) is 2.21. The molecule has 0 aliphatic heterocycles. The van der Waals surface area contributed by atoms with E-state index >= 15 is 0 Å². The van der Waals surface area contributed by atoms with Gasteiger partial charge in [-0.2, -0.15) is 0 Å². The molecule has 0 bridgehead atoms. The van der Waals surface area contributed by atoms with Gasteiger partial charge in [-0.05, 0) is 38.1 Å². The Bertz CT molecular complexity index is 923. The van der Waals surface area contributed by atoms with Crippen LogP contribution in [-0.2, 0) is 11.3 Å². The summed E-state index contributed by atoms with van der Waals surface area (Å²) in [6.07, 6.45) is 0. The van der Waals surface area contributed by atoms with Gasteiger partial charge in [0.25, 0.3) is 5.91 Å². The lowest BCUT2D eigenvalue weighted by Gasteiger charge is -1.98. The third-order valence-corrected chi connectivity index (χ3v) is 6.37. The number of nitrogens with one attached hydrogen (secondary N) is 2. The number of hydrogen-bond acceptors (Lipinski definition) is 6. The first-order valence-electron chi connectivity index (χ1n) is 7.61. The van der Waals surface area contributed by atoms with E-state index in [4.69, 9.17) is 0 Å². The summed E-state index contributed by atoms with van der Waals surface area (Å²) in [5.41, 5.74) is 0.877. The lowest BCUT2D eigenvalue weighted by atomic mass is 10.3. The number of nitrogens with zero attached hydrogens (tertiary/aromatic N) is 1. The molecule has 0 radical (unpaired) electrons. The molecular formula is C17H17N3O2S3. The van der Waals surface area contributed by atoms with Crippen LogP contribution in [0.2, 0.25) is 0 Å². The molecular weight excluding hydrogens is 374 g/mol. The average Bonchev–Trinajstić information content (AvgIpc) is 3.25. The van der Waals surface area contributed by atoms with Crippen LogP contribution in [0.1, 0.15) is 31.2 Å². The molecule has 0 unspecified atom stereocenters. The molecule has 3 aromatic heterocycles. The Morgan fingerprint density at radius 3 is 2.56 bits per heavy atom. The van der Waals surface area contributed by atoms with Gasteiger partial charge in [-0.3, -0.25) is 14.9 Å². The SMILES string of the molecule is CC(=O)NCc1ccc(-c2nc(NC(=O)c3ccc(C)s3)sc2C)s1. The number of thiophene rings is 2. The summed E-state index contributed by atoms with van der Waals surface area (Å²) in [6.45, 7) is 5.99. The zero-order valence-corrected chi connectivity index (χ0v) is 16.5. The van der Waals surface area contributed by atoms with Crippen molar-refractivity contribution in [1.82, 2.24) is 10.3 Å². The van der Waals surface area contributed by atoms with Crippen LogP contribution in [0.3, 0.4) is 0 Å². The molecule has 3 heterocycles. The van der Waals surface area contributed by atoms with Crippen LogP contribution in [0.4, 0.5) is 5.13 Å². The van der Waals surface area contributed by atoms with Gasteiger partial charge in [0.2, 0.25) is 5.91 Å². The van der Waals surface area contributed by atoms with Gasteiger partial charge in [-0.25, -0.2) is 4.98 Å². The van der Waals surface area contributed by atoms with Gasteiger partial charge in [0.05, 0.1) is 22.0 Å². The van der Waals surface area contributed by atoms with Crippen LogP contribution in [0.15, 0.2) is 24.3 Å². The van der Waals surface area contributed by atoms with Crippen molar-refractivity contribution in [1.29, 1.82) is 0 Å². The van der Waals surface area contributed by atoms with E-state index in [-0.39, 0.29) is 11.8 Å². The number of carbonyl (C=O) groups excluding carboxylic acids is 2. The largest absolute Gasteiger partial charge is 0.351 e. The third-order valence-electron chi connectivity index (χ3n) is 3.39. The number of aryl methyl sites for hydroxylation is 2. The highest BCUT2D eigenvalue weighted by molar-refractivity contribution is 7.18. The van der Waals surface area contributed by atoms with Crippen LogP contribution < -0.4 is 10.6 Å². The van der Waals surface area contributed by atoms with Gasteiger partial charge in [0.1, 0.15) is 0 Å². The molecule has 0 atom stereocenters. The maximum atomic E-state index is 12.3. The topological polar surface area (TPSA) is 71.1 Å². The van der Waals surface area contributed by atoms with Gasteiger partial charge in [-0.1, -0.05) is 0 Å². The molecule has 25 heavy (non-hydrogen) atoms. The number of thiazole rings is 1. The van der Waals surface area contributed by atoms with Gasteiger partial charge < -0.3 is 5.32 Å². The summed E-state index contributed by atoms with van der Waals surface area (Å²) >= 11 is 4.52. The van der Waals surface area contributed by atoms with E-state index in [2.05, 4.69) is 15.6 Å². The fourth-order valence-corrected chi connectivity index (χ4v) is 4.85. The van der Waals surface area contributed by atoms with Crippen molar-refractivity contribution >= 4 is 51.0 Å². The second-order valence-corrected chi connectivity index (χ2v) is 9.12. The molecule has 5 nitrogen and oxygen atoms in total. The van der Waals surface area contributed by atoms with Crippen molar-refractivity contribution in [3.8, 4) is 10.6 Å². The van der Waals surface area contributed by atoms with Crippen LogP contribution in [0, 0.1) is 13.8 Å². The molecule has 0 aliphatic rings. The molecule has 2 amide bonds. The second-order valence-electron chi connectivity index (χ2n) is 5.46. The zero-order chi connectivity index (χ0) is 18.0. The maximum absolute atomic E-state index is 12.3. The highest BCUT2D eigenvalue weighted by Gasteiger charge is 2.15. The minimum Gasteiger partial charge on any atom is -0.351 e. The number of hydrogen-bond donors (Lipinski definition) is 2. The van der Waals surface area contributed by atoms with Crippen LogP contribution >= 0.6 is 34.0 Å². The number of aromatic nitrogens is 1. The summed E-state index contributed by atoms with van der Waals surface area (Å²) in [5, 5.41) is 6.26. The average molecular weight is 392 g/mol. The zero-order valence-electron chi connectivity index (χ0n) is 14.0. The number of carbonyl (C=O) groups is 2. The quantitative estimate of drug-likeness (QED) is 0.675. The van der Waals surface area contributed by atoms with Gasteiger partial charge >= 0.3 is 0 Å². The molecule has 0 aliphatic carbocycles. The van der Waals surface area contributed by atoms with Crippen LogP contribution in [0.5, 0.6) is 0 Å². The Kier molecular flexibility index (Phi) is 5.31. The first-order valence-corrected chi connectivity index (χ1v) is 10.1. The molecule has 0 fully saturated rings. The van der Waals surface area contributed by atoms with Crippen molar-refractivity contribution in [3.63, 3.8) is 0 Å². The van der Waals surface area contributed by atoms with Gasteiger partial charge in [0.15, 0.2) is 5.13 Å². The lowest BCUT2D eigenvalue weighted by Crippen LogP contribution is -2.17. The third kappa shape index (κ3) is 4.33. The van der Waals surface area contributed by atoms with E-state index in [1.54, 1.807) is 11.3 Å². The second kappa shape index (κ2) is 7.47. The smallest absolute Gasteiger partial charge is 0.267 e. The summed E-state index contributed by atoms with van der Waals surface area (Å²) < 4.78 is 0. The molecule has 0 aromatic carbocycles. The normalized spacial score (nSPS) is 10.7. The highest BCUT2D eigenvalue weighted by Crippen LogP contribution is 2.35. The molecule has 8 heteroatoms. The van der Waals surface area contributed by atoms with E-state index in [9.17, 15) is 9.59 Å². The maximum Gasteiger partial charge on any atom is 0.267 e. The minimum atomic E-state index is -0.129. The predicted molar refractivity (Wildman–Crippen MR) is 105 cm³/mol. The standard InChI is InChI=1S/C17H17N3O2S3/c1-9-4-6-14(23-9)16(22)20-17-19-15(10(2)24-17)13-7-5-12(25-13)8-18-11(3)21/h4-7H,8H2,1-3H3,(H,18,21)(H,19,20,22). The van der Waals surface area contributed by atoms with E-state index in [0.717, 1.165) is 25.2 Å². The number of anilines is 1. The summed E-state index contributed by atoms with van der Waals surface area (Å²) in [7, 11) is 0. The Morgan fingerprint density at radius 2 is 1.88 bits per heavy atom. The minimum absolute atomic E-state index is 0.0476. The lowest BCUT2D eigenvalue weighted by molar-refractivity contribution is -0.119. The van der Waals surface area contributed by atoms with Crippen molar-refractivity contribution in [2.75, 3.05) is 5.32 Å². The van der Waals surface area contributed by atoms with Crippen molar-refractivity contribution in [2.24, 2.45) is 0 Å². The summed E-state index contributed by atoms with van der Waals surface area (Å²) in [6, 6.07) is 7.74. The van der Waals surface area contributed by atoms with E-state index < -0.39 is 0 Å². The van der Waals surface area contributed by atoms with Gasteiger partial charge in [-0.15, -0.1) is 34.0 Å². The first-order chi connectivity index (χ1) is 11.9. The molecule has 0 spiro atoms. The monoisotopic (exact) mass is 391 g/mol. The van der Waals surface area contributed by atoms with Gasteiger partial charge in [0, 0.05) is 21.6 Å². The molecule has 3 aromatic rings. The highest BCUT2D eigenvalue weighted by atomic mass is 32.1. The molecule has 3 rings (SSSR count). The Balaban J connectivity index is 1.74. The number of rotatable bonds is 5. The summed E-state index contributed by atoms with van der Waals surface area (Å²) in [4.78, 5) is 32.8.